The molecule has 0 aliphatic heterocycles. The molecule has 0 bridgehead atoms. The van der Waals surface area contributed by atoms with Crippen LogP contribution >= 0.6 is 11.3 Å². The van der Waals surface area contributed by atoms with Gasteiger partial charge in [-0.05, 0) is 11.4 Å². The lowest BCUT2D eigenvalue weighted by Crippen LogP contribution is -2.17. The van der Waals surface area contributed by atoms with Crippen LogP contribution in [0.1, 0.15) is 10.8 Å². The summed E-state index contributed by atoms with van der Waals surface area (Å²) in [5.74, 6) is -1.97. The van der Waals surface area contributed by atoms with Gasteiger partial charge >= 0.3 is 6.18 Å². The van der Waals surface area contributed by atoms with Crippen molar-refractivity contribution in [3.63, 3.8) is 0 Å². The highest BCUT2D eigenvalue weighted by Crippen LogP contribution is 2.36. The summed E-state index contributed by atoms with van der Waals surface area (Å²) in [6, 6.07) is 4.04. The minimum Gasteiger partial charge on any atom is -0.197 e. The summed E-state index contributed by atoms with van der Waals surface area (Å²) in [5.41, 5.74) is 0. The Balaban J connectivity index is 2.94. The first-order chi connectivity index (χ1) is 5.55. The Morgan fingerprint density at radius 3 is 2.50 bits per heavy atom. The topological polar surface area (TPSA) is 23.8 Å². The average molecular weight is 191 g/mol. The van der Waals surface area contributed by atoms with Crippen molar-refractivity contribution in [2.24, 2.45) is 0 Å². The molecule has 0 N–H and O–H groups in total. The minimum absolute atomic E-state index is 0.0463. The number of thiophene rings is 1. The average Bonchev–Trinajstić information content (AvgIpc) is 2.38. The highest BCUT2D eigenvalue weighted by molar-refractivity contribution is 7.10. The summed E-state index contributed by atoms with van der Waals surface area (Å²) < 4.78 is 36.2. The fourth-order valence-corrected chi connectivity index (χ4v) is 1.55. The molecular weight excluding hydrogens is 187 g/mol. The molecule has 0 saturated heterocycles. The number of rotatable bonds is 1. The van der Waals surface area contributed by atoms with E-state index < -0.39 is 12.1 Å². The van der Waals surface area contributed by atoms with Crippen molar-refractivity contribution >= 4 is 11.3 Å². The van der Waals surface area contributed by atoms with E-state index in [9.17, 15) is 13.2 Å². The van der Waals surface area contributed by atoms with E-state index >= 15 is 0 Å². The molecule has 1 aromatic rings. The van der Waals surface area contributed by atoms with E-state index in [-0.39, 0.29) is 4.88 Å². The van der Waals surface area contributed by atoms with Gasteiger partial charge in [0.05, 0.1) is 6.07 Å². The second-order valence-electron chi connectivity index (χ2n) is 2.12. The van der Waals surface area contributed by atoms with E-state index in [1.807, 2.05) is 0 Å². The first kappa shape index (κ1) is 9.07. The van der Waals surface area contributed by atoms with Crippen LogP contribution in [0, 0.1) is 11.3 Å². The Morgan fingerprint density at radius 1 is 1.50 bits per heavy atom. The molecule has 12 heavy (non-hydrogen) atoms. The monoisotopic (exact) mass is 191 g/mol. The van der Waals surface area contributed by atoms with Gasteiger partial charge in [-0.1, -0.05) is 6.07 Å². The molecule has 1 atom stereocenters. The fraction of sp³-hybridized carbons (Fsp3) is 0.286. The van der Waals surface area contributed by atoms with Crippen molar-refractivity contribution in [3.05, 3.63) is 22.4 Å². The molecular formula is C7H4F3NS. The largest absolute Gasteiger partial charge is 0.409 e. The van der Waals surface area contributed by atoms with Crippen molar-refractivity contribution in [2.45, 2.75) is 12.1 Å². The third-order valence-electron chi connectivity index (χ3n) is 1.28. The molecule has 1 rings (SSSR count). The number of nitrogens with zero attached hydrogens (tertiary/aromatic N) is 1. The maximum atomic E-state index is 12.1. The molecule has 0 radical (unpaired) electrons. The maximum Gasteiger partial charge on any atom is 0.409 e. The van der Waals surface area contributed by atoms with Crippen LogP contribution in [0.4, 0.5) is 13.2 Å². The summed E-state index contributed by atoms with van der Waals surface area (Å²) in [6.07, 6.45) is -4.46. The van der Waals surface area contributed by atoms with E-state index in [2.05, 4.69) is 0 Å². The zero-order chi connectivity index (χ0) is 9.19. The smallest absolute Gasteiger partial charge is 0.197 e. The summed E-state index contributed by atoms with van der Waals surface area (Å²) >= 11 is 0.940. The van der Waals surface area contributed by atoms with Gasteiger partial charge in [-0.25, -0.2) is 0 Å². The zero-order valence-corrected chi connectivity index (χ0v) is 6.62. The summed E-state index contributed by atoms with van der Waals surface area (Å²) in [5, 5.41) is 9.79. The lowest BCUT2D eigenvalue weighted by Gasteiger charge is -2.10. The molecule has 0 fully saturated rings. The Kier molecular flexibility index (Phi) is 2.38. The van der Waals surface area contributed by atoms with Crippen molar-refractivity contribution in [1.82, 2.24) is 0 Å². The molecule has 1 nitrogen and oxygen atoms in total. The molecule has 0 saturated carbocycles. The van der Waals surface area contributed by atoms with Gasteiger partial charge in [0.1, 0.15) is 0 Å². The number of halogens is 3. The molecule has 0 aliphatic carbocycles. The van der Waals surface area contributed by atoms with E-state index in [4.69, 9.17) is 5.26 Å². The van der Waals surface area contributed by atoms with E-state index in [1.165, 1.54) is 23.6 Å². The number of nitriles is 1. The maximum absolute atomic E-state index is 12.1. The van der Waals surface area contributed by atoms with Crippen LogP contribution in [0.2, 0.25) is 0 Å². The summed E-state index contributed by atoms with van der Waals surface area (Å²) in [7, 11) is 0. The third kappa shape index (κ3) is 1.77. The molecule has 0 aromatic carbocycles. The quantitative estimate of drug-likeness (QED) is 0.669. The Morgan fingerprint density at radius 2 is 2.17 bits per heavy atom. The predicted molar refractivity (Wildman–Crippen MR) is 38.7 cm³/mol. The lowest BCUT2D eigenvalue weighted by molar-refractivity contribution is -0.137. The predicted octanol–water partition coefficient (Wildman–Crippen LogP) is 2.92. The zero-order valence-electron chi connectivity index (χ0n) is 5.80. The summed E-state index contributed by atoms with van der Waals surface area (Å²) in [6.45, 7) is 0. The first-order valence-corrected chi connectivity index (χ1v) is 3.93. The Hall–Kier alpha value is -1.02. The van der Waals surface area contributed by atoms with Gasteiger partial charge < -0.3 is 0 Å². The fourth-order valence-electron chi connectivity index (χ4n) is 0.754. The van der Waals surface area contributed by atoms with Gasteiger partial charge in [0.2, 0.25) is 0 Å². The number of hydrogen-bond acceptors (Lipinski definition) is 2. The van der Waals surface area contributed by atoms with Crippen LogP contribution in [0.15, 0.2) is 17.5 Å². The lowest BCUT2D eigenvalue weighted by atomic mass is 10.1. The molecule has 1 unspecified atom stereocenters. The second kappa shape index (κ2) is 3.15. The highest BCUT2D eigenvalue weighted by atomic mass is 32.1. The van der Waals surface area contributed by atoms with Crippen LogP contribution in [-0.4, -0.2) is 6.18 Å². The molecule has 0 amide bonds. The van der Waals surface area contributed by atoms with Crippen molar-refractivity contribution < 1.29 is 13.2 Å². The Bertz CT molecular complexity index is 283. The van der Waals surface area contributed by atoms with Gasteiger partial charge in [-0.3, -0.25) is 0 Å². The van der Waals surface area contributed by atoms with E-state index in [1.54, 1.807) is 0 Å². The molecule has 1 aromatic heterocycles. The van der Waals surface area contributed by atoms with Crippen molar-refractivity contribution in [1.29, 1.82) is 5.26 Å². The van der Waals surface area contributed by atoms with Crippen molar-refractivity contribution in [2.75, 3.05) is 0 Å². The standard InChI is InChI=1S/C7H4F3NS/c8-7(9,10)5(4-11)6-2-1-3-12-6/h1-3,5H. The molecule has 1 heterocycles. The second-order valence-corrected chi connectivity index (χ2v) is 3.10. The van der Waals surface area contributed by atoms with Gasteiger partial charge in [0, 0.05) is 4.88 Å². The third-order valence-corrected chi connectivity index (χ3v) is 2.22. The number of alkyl halides is 3. The molecule has 0 aliphatic rings. The molecule has 64 valence electrons. The highest BCUT2D eigenvalue weighted by Gasteiger charge is 2.41. The van der Waals surface area contributed by atoms with Crippen LogP contribution in [0.25, 0.3) is 0 Å². The number of hydrogen-bond donors (Lipinski definition) is 0. The van der Waals surface area contributed by atoms with Crippen LogP contribution in [0.5, 0.6) is 0 Å². The van der Waals surface area contributed by atoms with Gasteiger partial charge in [0.15, 0.2) is 5.92 Å². The Labute approximate surface area is 71.1 Å². The SMILES string of the molecule is N#CC(c1cccs1)C(F)(F)F. The van der Waals surface area contributed by atoms with Gasteiger partial charge in [-0.15, -0.1) is 11.3 Å². The van der Waals surface area contributed by atoms with Crippen LogP contribution in [-0.2, 0) is 0 Å². The van der Waals surface area contributed by atoms with E-state index in [0.29, 0.717) is 0 Å². The van der Waals surface area contributed by atoms with Crippen LogP contribution < -0.4 is 0 Å². The molecule has 5 heteroatoms. The van der Waals surface area contributed by atoms with Crippen molar-refractivity contribution in [3.8, 4) is 6.07 Å². The first-order valence-electron chi connectivity index (χ1n) is 3.05. The van der Waals surface area contributed by atoms with Gasteiger partial charge in [0.25, 0.3) is 0 Å². The minimum atomic E-state index is -4.46. The summed E-state index contributed by atoms with van der Waals surface area (Å²) in [4.78, 5) is 0.0463. The molecule has 0 spiro atoms. The van der Waals surface area contributed by atoms with E-state index in [0.717, 1.165) is 11.3 Å². The van der Waals surface area contributed by atoms with Crippen LogP contribution in [0.3, 0.4) is 0 Å². The normalized spacial score (nSPS) is 13.8. The van der Waals surface area contributed by atoms with Gasteiger partial charge in [-0.2, -0.15) is 18.4 Å².